The van der Waals surface area contributed by atoms with Crippen LogP contribution in [-0.2, 0) is 0 Å². The van der Waals surface area contributed by atoms with Crippen LogP contribution in [0.25, 0.3) is 0 Å². The van der Waals surface area contributed by atoms with Crippen molar-refractivity contribution in [3.63, 3.8) is 0 Å². The van der Waals surface area contributed by atoms with E-state index in [9.17, 15) is 0 Å². The number of nitrogens with zero attached hydrogens (tertiary/aromatic N) is 1. The number of hydrogen-bond acceptors (Lipinski definition) is 2. The highest BCUT2D eigenvalue weighted by atomic mass is 35.5. The highest BCUT2D eigenvalue weighted by Gasteiger charge is 2.11. The Morgan fingerprint density at radius 2 is 2.16 bits per heavy atom. The molecule has 1 unspecified atom stereocenters. The maximum atomic E-state index is 6.39. The third-order valence-corrected chi connectivity index (χ3v) is 3.43. The van der Waals surface area contributed by atoms with Gasteiger partial charge < -0.3 is 10.2 Å². The summed E-state index contributed by atoms with van der Waals surface area (Å²) in [4.78, 5) is 2.17. The molecule has 1 atom stereocenters. The van der Waals surface area contributed by atoms with Crippen molar-refractivity contribution in [3.05, 3.63) is 28.8 Å². The molecule has 0 aliphatic heterocycles. The van der Waals surface area contributed by atoms with Gasteiger partial charge in [-0.2, -0.15) is 0 Å². The van der Waals surface area contributed by atoms with Crippen LogP contribution in [-0.4, -0.2) is 19.6 Å². The molecule has 1 N–H and O–H groups in total. The third-order valence-electron chi connectivity index (χ3n) is 3.10. The largest absolute Gasteiger partial charge is 0.360 e. The maximum Gasteiger partial charge on any atom is 0.0791 e. The second kappa shape index (κ2) is 8.09. The Hall–Kier alpha value is -1.17. The fraction of sp³-hybridized carbons (Fsp3) is 0.500. The minimum atomic E-state index is 0.263. The van der Waals surface area contributed by atoms with E-state index in [4.69, 9.17) is 18.0 Å². The molecule has 0 spiro atoms. The Morgan fingerprint density at radius 1 is 1.42 bits per heavy atom. The zero-order chi connectivity index (χ0) is 14.3. The first-order valence-electron chi connectivity index (χ1n) is 6.85. The van der Waals surface area contributed by atoms with Crippen LogP contribution in [0, 0.1) is 12.3 Å². The number of anilines is 1. The second-order valence-corrected chi connectivity index (χ2v) is 5.02. The van der Waals surface area contributed by atoms with Crippen molar-refractivity contribution in [2.24, 2.45) is 0 Å². The molecule has 0 fully saturated rings. The lowest BCUT2D eigenvalue weighted by atomic mass is 10.1. The smallest absolute Gasteiger partial charge is 0.0791 e. The molecule has 0 radical (unpaired) electrons. The number of terminal acetylenes is 1. The molecule has 19 heavy (non-hydrogen) atoms. The summed E-state index contributed by atoms with van der Waals surface area (Å²) in [5.41, 5.74) is 2.22. The second-order valence-electron chi connectivity index (χ2n) is 4.61. The minimum absolute atomic E-state index is 0.263. The van der Waals surface area contributed by atoms with Gasteiger partial charge in [0.05, 0.1) is 6.54 Å². The van der Waals surface area contributed by atoms with Gasteiger partial charge in [0.1, 0.15) is 0 Å². The molecule has 0 aliphatic rings. The molecule has 104 valence electrons. The average Bonchev–Trinajstić information content (AvgIpc) is 2.38. The highest BCUT2D eigenvalue weighted by molar-refractivity contribution is 6.31. The molecular weight excluding hydrogens is 256 g/mol. The summed E-state index contributed by atoms with van der Waals surface area (Å²) in [6, 6.07) is 6.46. The van der Waals surface area contributed by atoms with Gasteiger partial charge in [0.25, 0.3) is 0 Å². The normalized spacial score (nSPS) is 11.9. The number of rotatable bonds is 7. The molecular formula is C16H23ClN2. The minimum Gasteiger partial charge on any atom is -0.360 e. The van der Waals surface area contributed by atoms with Gasteiger partial charge in [0, 0.05) is 23.3 Å². The lowest BCUT2D eigenvalue weighted by molar-refractivity contribution is 0.598. The van der Waals surface area contributed by atoms with Gasteiger partial charge in [-0.25, -0.2) is 0 Å². The van der Waals surface area contributed by atoms with Crippen molar-refractivity contribution >= 4 is 17.3 Å². The van der Waals surface area contributed by atoms with Crippen LogP contribution >= 0.6 is 11.6 Å². The van der Waals surface area contributed by atoms with E-state index in [-0.39, 0.29) is 6.04 Å². The summed E-state index contributed by atoms with van der Waals surface area (Å²) in [7, 11) is 0. The van der Waals surface area contributed by atoms with Crippen LogP contribution in [0.4, 0.5) is 5.69 Å². The Kier molecular flexibility index (Phi) is 6.77. The molecule has 1 rings (SSSR count). The van der Waals surface area contributed by atoms with Crippen molar-refractivity contribution in [2.75, 3.05) is 24.5 Å². The average molecular weight is 279 g/mol. The van der Waals surface area contributed by atoms with Gasteiger partial charge in [0.2, 0.25) is 0 Å². The first-order valence-corrected chi connectivity index (χ1v) is 7.23. The van der Waals surface area contributed by atoms with E-state index in [1.165, 1.54) is 0 Å². The summed E-state index contributed by atoms with van der Waals surface area (Å²) in [5, 5.41) is 4.17. The van der Waals surface area contributed by atoms with Gasteiger partial charge in [-0.1, -0.05) is 37.4 Å². The Labute approximate surface area is 122 Å². The van der Waals surface area contributed by atoms with E-state index in [1.54, 1.807) is 0 Å². The number of hydrogen-bond donors (Lipinski definition) is 1. The Morgan fingerprint density at radius 3 is 2.68 bits per heavy atom. The number of benzene rings is 1. The summed E-state index contributed by atoms with van der Waals surface area (Å²) >= 11 is 6.39. The van der Waals surface area contributed by atoms with E-state index in [0.717, 1.165) is 35.8 Å². The maximum absolute atomic E-state index is 6.39. The summed E-state index contributed by atoms with van der Waals surface area (Å²) in [5.74, 6) is 2.70. The predicted molar refractivity (Wildman–Crippen MR) is 84.9 cm³/mol. The molecule has 1 aromatic rings. The fourth-order valence-electron chi connectivity index (χ4n) is 2.16. The van der Waals surface area contributed by atoms with Crippen molar-refractivity contribution in [1.82, 2.24) is 5.32 Å². The topological polar surface area (TPSA) is 15.3 Å². The van der Waals surface area contributed by atoms with Crippen molar-refractivity contribution in [3.8, 4) is 12.3 Å². The van der Waals surface area contributed by atoms with Crippen molar-refractivity contribution < 1.29 is 0 Å². The van der Waals surface area contributed by atoms with Gasteiger partial charge in [0.15, 0.2) is 0 Å². The fourth-order valence-corrected chi connectivity index (χ4v) is 2.50. The van der Waals surface area contributed by atoms with Crippen LogP contribution in [0.15, 0.2) is 18.2 Å². The van der Waals surface area contributed by atoms with E-state index >= 15 is 0 Å². The molecule has 0 aromatic heterocycles. The van der Waals surface area contributed by atoms with Gasteiger partial charge >= 0.3 is 0 Å². The molecule has 0 bridgehead atoms. The molecule has 3 heteroatoms. The molecule has 1 aromatic carbocycles. The van der Waals surface area contributed by atoms with E-state index in [0.29, 0.717) is 6.54 Å². The molecule has 0 amide bonds. The summed E-state index contributed by atoms with van der Waals surface area (Å²) < 4.78 is 0. The lowest BCUT2D eigenvalue weighted by Crippen LogP contribution is -2.24. The molecule has 0 aliphatic carbocycles. The SMILES string of the molecule is C#CCN(CCC)c1ccc(C(C)NCC)c(Cl)c1. The van der Waals surface area contributed by atoms with Crippen LogP contribution < -0.4 is 10.2 Å². The Bertz CT molecular complexity index is 437. The van der Waals surface area contributed by atoms with Gasteiger partial charge in [-0.05, 0) is 37.6 Å². The highest BCUT2D eigenvalue weighted by Crippen LogP contribution is 2.28. The first-order chi connectivity index (χ1) is 9.13. The molecule has 0 saturated heterocycles. The van der Waals surface area contributed by atoms with Crippen LogP contribution in [0.3, 0.4) is 0 Å². The van der Waals surface area contributed by atoms with Gasteiger partial charge in [-0.3, -0.25) is 0 Å². The third kappa shape index (κ3) is 4.45. The monoisotopic (exact) mass is 278 g/mol. The van der Waals surface area contributed by atoms with Crippen molar-refractivity contribution in [2.45, 2.75) is 33.2 Å². The van der Waals surface area contributed by atoms with E-state index in [2.05, 4.69) is 49.0 Å². The van der Waals surface area contributed by atoms with Crippen molar-refractivity contribution in [1.29, 1.82) is 0 Å². The number of halogens is 1. The molecule has 0 saturated carbocycles. The number of nitrogens with one attached hydrogen (secondary N) is 1. The molecule has 2 nitrogen and oxygen atoms in total. The standard InChI is InChI=1S/C16H23ClN2/c1-5-10-19(11-6-2)14-8-9-15(16(17)12-14)13(4)18-7-3/h1,8-9,12-13,18H,6-7,10-11H2,2-4H3. The van der Waals surface area contributed by atoms with E-state index in [1.807, 2.05) is 6.07 Å². The van der Waals surface area contributed by atoms with Crippen LogP contribution in [0.1, 0.15) is 38.8 Å². The van der Waals surface area contributed by atoms with Crippen LogP contribution in [0.5, 0.6) is 0 Å². The van der Waals surface area contributed by atoms with Crippen LogP contribution in [0.2, 0.25) is 5.02 Å². The van der Waals surface area contributed by atoms with E-state index < -0.39 is 0 Å². The predicted octanol–water partition coefficient (Wildman–Crippen LogP) is 3.86. The summed E-state index contributed by atoms with van der Waals surface area (Å²) in [6.07, 6.45) is 6.48. The molecule has 0 heterocycles. The van der Waals surface area contributed by atoms with Gasteiger partial charge in [-0.15, -0.1) is 6.42 Å². The summed E-state index contributed by atoms with van der Waals surface area (Å²) in [6.45, 7) is 8.85. The quantitative estimate of drug-likeness (QED) is 0.762. The first kappa shape index (κ1) is 15.9. The zero-order valence-electron chi connectivity index (χ0n) is 12.0. The lowest BCUT2D eigenvalue weighted by Gasteiger charge is -2.23. The Balaban J connectivity index is 2.94. The zero-order valence-corrected chi connectivity index (χ0v) is 12.8.